The van der Waals surface area contributed by atoms with Gasteiger partial charge in [-0.1, -0.05) is 30.3 Å². The van der Waals surface area contributed by atoms with E-state index in [0.717, 1.165) is 19.6 Å². The fourth-order valence-electron chi connectivity index (χ4n) is 3.65. The van der Waals surface area contributed by atoms with E-state index in [4.69, 9.17) is 5.11 Å². The maximum absolute atomic E-state index is 11.9. The lowest BCUT2D eigenvalue weighted by atomic mass is 10.2. The zero-order valence-electron chi connectivity index (χ0n) is 17.2. The molecule has 4 rings (SSSR count). The van der Waals surface area contributed by atoms with Crippen LogP contribution in [0.2, 0.25) is 0 Å². The Morgan fingerprint density at radius 3 is 2.34 bits per heavy atom. The van der Waals surface area contributed by atoms with Crippen LogP contribution in [-0.4, -0.2) is 57.0 Å². The largest absolute Gasteiger partial charge is 0.478 e. The van der Waals surface area contributed by atoms with Crippen molar-refractivity contribution in [3.05, 3.63) is 82.2 Å². The van der Waals surface area contributed by atoms with E-state index in [1.165, 1.54) is 36.2 Å². The maximum Gasteiger partial charge on any atom is 0.353 e. The van der Waals surface area contributed by atoms with Crippen molar-refractivity contribution in [3.63, 3.8) is 0 Å². The number of carbonyl (C=O) groups is 1. The van der Waals surface area contributed by atoms with Crippen molar-refractivity contribution in [2.24, 2.45) is 0 Å². The second-order valence-electron chi connectivity index (χ2n) is 7.41. The molecule has 10 heteroatoms. The monoisotopic (exact) mass is 434 g/mol. The number of hydrogen-bond acceptors (Lipinski definition) is 8. The van der Waals surface area contributed by atoms with E-state index in [-0.39, 0.29) is 22.9 Å². The van der Waals surface area contributed by atoms with Crippen LogP contribution in [0.3, 0.4) is 0 Å². The van der Waals surface area contributed by atoms with Gasteiger partial charge in [-0.05, 0) is 29.8 Å². The molecule has 0 spiro atoms. The van der Waals surface area contributed by atoms with Crippen LogP contribution < -0.4 is 10.2 Å². The third kappa shape index (κ3) is 4.81. The summed E-state index contributed by atoms with van der Waals surface area (Å²) < 4.78 is 0. The van der Waals surface area contributed by atoms with E-state index < -0.39 is 10.9 Å². The molecule has 0 saturated carbocycles. The Balaban J connectivity index is 1.49. The van der Waals surface area contributed by atoms with Gasteiger partial charge in [-0.3, -0.25) is 15.0 Å². The molecule has 0 unspecified atom stereocenters. The van der Waals surface area contributed by atoms with E-state index in [0.29, 0.717) is 18.8 Å². The predicted octanol–water partition coefficient (Wildman–Crippen LogP) is 3.15. The molecule has 0 aliphatic carbocycles. The van der Waals surface area contributed by atoms with Crippen LogP contribution in [0.1, 0.15) is 15.9 Å². The van der Waals surface area contributed by atoms with Crippen LogP contribution in [0, 0.1) is 10.1 Å². The molecule has 1 aliphatic rings. The molecule has 0 atom stereocenters. The number of hydrogen-bond donors (Lipinski definition) is 2. The van der Waals surface area contributed by atoms with Gasteiger partial charge in [0.25, 0.3) is 0 Å². The summed E-state index contributed by atoms with van der Waals surface area (Å²) in [5.41, 5.74) is 1.65. The molecule has 0 amide bonds. The van der Waals surface area contributed by atoms with Crippen LogP contribution in [0.25, 0.3) is 0 Å². The lowest BCUT2D eigenvalue weighted by Gasteiger charge is -2.35. The Labute approximate surface area is 184 Å². The first-order chi connectivity index (χ1) is 15.5. The van der Waals surface area contributed by atoms with E-state index in [1.54, 1.807) is 0 Å². The molecular formula is C22H22N6O4. The number of anilines is 3. The molecule has 1 aromatic heterocycles. The third-order valence-corrected chi connectivity index (χ3v) is 5.30. The lowest BCUT2D eigenvalue weighted by molar-refractivity contribution is -0.383. The Morgan fingerprint density at radius 2 is 1.72 bits per heavy atom. The summed E-state index contributed by atoms with van der Waals surface area (Å²) in [5, 5.41) is 23.8. The van der Waals surface area contributed by atoms with E-state index in [9.17, 15) is 14.9 Å². The van der Waals surface area contributed by atoms with Crippen molar-refractivity contribution in [1.82, 2.24) is 14.9 Å². The van der Waals surface area contributed by atoms with Gasteiger partial charge in [0.05, 0.1) is 10.5 Å². The van der Waals surface area contributed by atoms with Crippen molar-refractivity contribution in [3.8, 4) is 0 Å². The molecule has 0 bridgehead atoms. The first kappa shape index (κ1) is 21.2. The average Bonchev–Trinajstić information content (AvgIpc) is 2.80. The minimum Gasteiger partial charge on any atom is -0.478 e. The average molecular weight is 434 g/mol. The standard InChI is InChI=1S/C22H22N6O4/c29-22(30)17-6-8-18(9-7-17)25-20-19(28(31)32)21(24-15-23-20)27-12-10-26(11-13-27)14-16-4-2-1-3-5-16/h1-9,15H,10-14H2,(H,29,30)(H,23,24,25). The summed E-state index contributed by atoms with van der Waals surface area (Å²) in [6.45, 7) is 3.57. The highest BCUT2D eigenvalue weighted by molar-refractivity contribution is 5.88. The maximum atomic E-state index is 11.9. The topological polar surface area (TPSA) is 125 Å². The third-order valence-electron chi connectivity index (χ3n) is 5.30. The highest BCUT2D eigenvalue weighted by Crippen LogP contribution is 2.34. The van der Waals surface area contributed by atoms with Crippen LogP contribution in [0.5, 0.6) is 0 Å². The zero-order valence-corrected chi connectivity index (χ0v) is 17.2. The Morgan fingerprint density at radius 1 is 1.03 bits per heavy atom. The Hall–Kier alpha value is -4.05. The van der Waals surface area contributed by atoms with Crippen molar-refractivity contribution in [1.29, 1.82) is 0 Å². The summed E-state index contributed by atoms with van der Waals surface area (Å²) in [4.78, 5) is 34.9. The van der Waals surface area contributed by atoms with Crippen LogP contribution in [-0.2, 0) is 6.54 Å². The second kappa shape index (κ2) is 9.40. The highest BCUT2D eigenvalue weighted by Gasteiger charge is 2.29. The molecule has 1 aliphatic heterocycles. The minimum absolute atomic E-state index is 0.0646. The number of piperazine rings is 1. The molecule has 3 aromatic rings. The Bertz CT molecular complexity index is 1100. The summed E-state index contributed by atoms with van der Waals surface area (Å²) in [5.74, 6) is -0.706. The second-order valence-corrected chi connectivity index (χ2v) is 7.41. The van der Waals surface area contributed by atoms with Crippen LogP contribution in [0.4, 0.5) is 23.0 Å². The first-order valence-corrected chi connectivity index (χ1v) is 10.1. The van der Waals surface area contributed by atoms with Gasteiger partial charge in [0, 0.05) is 38.4 Å². The fourth-order valence-corrected chi connectivity index (χ4v) is 3.65. The van der Waals surface area contributed by atoms with Crippen molar-refractivity contribution in [2.45, 2.75) is 6.54 Å². The molecule has 1 fully saturated rings. The van der Waals surface area contributed by atoms with Gasteiger partial charge in [-0.25, -0.2) is 14.8 Å². The summed E-state index contributed by atoms with van der Waals surface area (Å²) in [6.07, 6.45) is 1.30. The van der Waals surface area contributed by atoms with Gasteiger partial charge in [0.1, 0.15) is 6.33 Å². The van der Waals surface area contributed by atoms with Gasteiger partial charge >= 0.3 is 11.7 Å². The number of rotatable bonds is 7. The number of nitrogens with zero attached hydrogens (tertiary/aromatic N) is 5. The van der Waals surface area contributed by atoms with E-state index in [2.05, 4.69) is 32.3 Å². The summed E-state index contributed by atoms with van der Waals surface area (Å²) in [7, 11) is 0. The molecule has 0 radical (unpaired) electrons. The number of aromatic nitrogens is 2. The summed E-state index contributed by atoms with van der Waals surface area (Å²) in [6, 6.07) is 16.1. The highest BCUT2D eigenvalue weighted by atomic mass is 16.6. The van der Waals surface area contributed by atoms with E-state index >= 15 is 0 Å². The molecule has 10 nitrogen and oxygen atoms in total. The number of nitrogens with one attached hydrogen (secondary N) is 1. The normalized spacial score (nSPS) is 14.2. The predicted molar refractivity (Wildman–Crippen MR) is 119 cm³/mol. The number of benzene rings is 2. The van der Waals surface area contributed by atoms with Gasteiger partial charge < -0.3 is 15.3 Å². The van der Waals surface area contributed by atoms with Crippen LogP contribution in [0.15, 0.2) is 60.9 Å². The van der Waals surface area contributed by atoms with E-state index in [1.807, 2.05) is 23.1 Å². The van der Waals surface area contributed by atoms with Crippen LogP contribution >= 0.6 is 0 Å². The quantitative estimate of drug-likeness (QED) is 0.426. The lowest BCUT2D eigenvalue weighted by Crippen LogP contribution is -2.46. The van der Waals surface area contributed by atoms with Gasteiger partial charge in [0.2, 0.25) is 11.6 Å². The summed E-state index contributed by atoms with van der Waals surface area (Å²) >= 11 is 0. The van der Waals surface area contributed by atoms with Crippen molar-refractivity contribution in [2.75, 3.05) is 36.4 Å². The number of aromatic carboxylic acids is 1. The molecule has 164 valence electrons. The first-order valence-electron chi connectivity index (χ1n) is 10.1. The molecule has 2 heterocycles. The Kier molecular flexibility index (Phi) is 6.22. The molecule has 1 saturated heterocycles. The minimum atomic E-state index is -1.04. The fraction of sp³-hybridized carbons (Fsp3) is 0.227. The zero-order chi connectivity index (χ0) is 22.5. The molecule has 2 aromatic carbocycles. The van der Waals surface area contributed by atoms with Crippen molar-refractivity contribution >= 4 is 29.0 Å². The number of carboxylic acid groups (broad SMARTS) is 1. The number of nitro groups is 1. The molecule has 2 N–H and O–H groups in total. The molecule has 32 heavy (non-hydrogen) atoms. The SMILES string of the molecule is O=C(O)c1ccc(Nc2ncnc(N3CCN(Cc4ccccc4)CC3)c2[N+](=O)[O-])cc1. The molecular weight excluding hydrogens is 412 g/mol. The number of carboxylic acids is 1. The van der Waals surface area contributed by atoms with Crippen molar-refractivity contribution < 1.29 is 14.8 Å². The van der Waals surface area contributed by atoms with Gasteiger partial charge in [-0.2, -0.15) is 0 Å². The van der Waals surface area contributed by atoms with Gasteiger partial charge in [0.15, 0.2) is 0 Å². The smallest absolute Gasteiger partial charge is 0.353 e. The van der Waals surface area contributed by atoms with Gasteiger partial charge in [-0.15, -0.1) is 0 Å².